The van der Waals surface area contributed by atoms with Crippen LogP contribution in [-0.2, 0) is 0 Å². The van der Waals surface area contributed by atoms with Crippen molar-refractivity contribution in [1.29, 1.82) is 5.26 Å². The molecule has 0 spiro atoms. The quantitative estimate of drug-likeness (QED) is 0.384. The van der Waals surface area contributed by atoms with Crippen LogP contribution in [0.4, 0.5) is 8.78 Å². The molecule has 1 unspecified atom stereocenters. The number of nitrogens with zero attached hydrogens (tertiary/aromatic N) is 1. The first-order chi connectivity index (χ1) is 3.68. The first-order valence-corrected chi connectivity index (χ1v) is 1.99. The largest absolute Gasteiger partial charge is 1.00 e. The number of hydrogen-bond acceptors (Lipinski definition) is 2. The summed E-state index contributed by atoms with van der Waals surface area (Å²) < 4.78 is 22.3. The predicted octanol–water partition coefficient (Wildman–Crippen LogP) is -3.10. The molecule has 0 aliphatic rings. The summed E-state index contributed by atoms with van der Waals surface area (Å²) in [5.41, 5.74) is 0. The van der Waals surface area contributed by atoms with Gasteiger partial charge in [0.05, 0.1) is 6.07 Å². The molecule has 5 heteroatoms. The zero-order chi connectivity index (χ0) is 6.57. The molecule has 46 valence electrons. The van der Waals surface area contributed by atoms with Crippen molar-refractivity contribution in [2.24, 2.45) is 0 Å². The summed E-state index contributed by atoms with van der Waals surface area (Å²) in [5.74, 6) is 0. The second-order valence-corrected chi connectivity index (χ2v) is 1.24. The van der Waals surface area contributed by atoms with Gasteiger partial charge in [0.25, 0.3) is 0 Å². The molecule has 0 aromatic carbocycles. The molecule has 0 amide bonds. The van der Waals surface area contributed by atoms with Gasteiger partial charge in [-0.05, 0) is 0 Å². The smallest absolute Gasteiger partial charge is 0.847 e. The van der Waals surface area contributed by atoms with Crippen molar-refractivity contribution in [3.05, 3.63) is 0 Å². The van der Waals surface area contributed by atoms with Gasteiger partial charge in [0.1, 0.15) is 0 Å². The van der Waals surface area contributed by atoms with Crippen LogP contribution in [0.25, 0.3) is 0 Å². The molecule has 0 fully saturated rings. The molecule has 0 saturated heterocycles. The molecule has 2 nitrogen and oxygen atoms in total. The third-order valence-corrected chi connectivity index (χ3v) is 0.574. The zero-order valence-corrected chi connectivity index (χ0v) is 6.97. The fourth-order valence-electron chi connectivity index (χ4n) is 0.179. The summed E-state index contributed by atoms with van der Waals surface area (Å²) in [7, 11) is 0. The average Bonchev–Trinajstić information content (AvgIpc) is 1.67. The van der Waals surface area contributed by atoms with Gasteiger partial charge in [-0.2, -0.15) is 5.26 Å². The zero-order valence-electron chi connectivity index (χ0n) is 4.97. The van der Waals surface area contributed by atoms with Gasteiger partial charge in [0, 0.05) is 6.42 Å². The SMILES string of the molecule is N#CCC([O-])C(F)F.[Na+]. The van der Waals surface area contributed by atoms with E-state index >= 15 is 0 Å². The molecule has 0 radical (unpaired) electrons. The second kappa shape index (κ2) is 6.43. The molecule has 0 heterocycles. The maximum atomic E-state index is 11.2. The Kier molecular flexibility index (Phi) is 8.60. The third-order valence-electron chi connectivity index (χ3n) is 0.574. The summed E-state index contributed by atoms with van der Waals surface area (Å²) in [6.45, 7) is 0. The van der Waals surface area contributed by atoms with Crippen molar-refractivity contribution in [2.45, 2.75) is 19.0 Å². The molecule has 1 atom stereocenters. The normalized spacial score (nSPS) is 11.9. The Labute approximate surface area is 73.8 Å². The van der Waals surface area contributed by atoms with Gasteiger partial charge in [0.15, 0.2) is 0 Å². The fourth-order valence-corrected chi connectivity index (χ4v) is 0.179. The minimum atomic E-state index is -2.91. The van der Waals surface area contributed by atoms with Crippen LogP contribution in [0.3, 0.4) is 0 Å². The van der Waals surface area contributed by atoms with Gasteiger partial charge < -0.3 is 5.11 Å². The predicted molar refractivity (Wildman–Crippen MR) is 20.0 cm³/mol. The Bertz CT molecular complexity index is 103. The summed E-state index contributed by atoms with van der Waals surface area (Å²) >= 11 is 0. The summed E-state index contributed by atoms with van der Waals surface area (Å²) in [4.78, 5) is 0. The maximum absolute atomic E-state index is 11.2. The van der Waals surface area contributed by atoms with E-state index in [-0.39, 0.29) is 29.6 Å². The molecule has 0 rings (SSSR count). The molecule has 0 aliphatic heterocycles. The van der Waals surface area contributed by atoms with Gasteiger partial charge in [0.2, 0.25) is 6.43 Å². The summed E-state index contributed by atoms with van der Waals surface area (Å²) in [5, 5.41) is 17.6. The molecular weight excluding hydrogens is 139 g/mol. The molecule has 0 aromatic rings. The van der Waals surface area contributed by atoms with Gasteiger partial charge in [-0.1, -0.05) is 6.10 Å². The van der Waals surface area contributed by atoms with Crippen molar-refractivity contribution in [3.63, 3.8) is 0 Å². The van der Waals surface area contributed by atoms with Crippen molar-refractivity contribution in [1.82, 2.24) is 0 Å². The van der Waals surface area contributed by atoms with Crippen LogP contribution in [-0.4, -0.2) is 12.5 Å². The van der Waals surface area contributed by atoms with Gasteiger partial charge in [-0.15, -0.1) is 0 Å². The molecular formula is C4H4F2NNaO. The van der Waals surface area contributed by atoms with E-state index in [9.17, 15) is 13.9 Å². The molecule has 9 heavy (non-hydrogen) atoms. The van der Waals surface area contributed by atoms with Crippen LogP contribution in [0.15, 0.2) is 0 Å². The molecule has 0 aliphatic carbocycles. The minimum absolute atomic E-state index is 0. The second-order valence-electron chi connectivity index (χ2n) is 1.24. The number of hydrogen-bond donors (Lipinski definition) is 0. The van der Waals surface area contributed by atoms with Crippen molar-refractivity contribution in [3.8, 4) is 6.07 Å². The van der Waals surface area contributed by atoms with Gasteiger partial charge in [-0.25, -0.2) is 8.78 Å². The van der Waals surface area contributed by atoms with Crippen LogP contribution in [0, 0.1) is 11.3 Å². The monoisotopic (exact) mass is 143 g/mol. The Hall–Kier alpha value is 0.310. The molecule has 0 N–H and O–H groups in total. The van der Waals surface area contributed by atoms with Crippen LogP contribution >= 0.6 is 0 Å². The van der Waals surface area contributed by atoms with Crippen molar-refractivity contribution in [2.75, 3.05) is 0 Å². The Morgan fingerprint density at radius 1 is 1.56 bits per heavy atom. The first-order valence-electron chi connectivity index (χ1n) is 1.99. The van der Waals surface area contributed by atoms with E-state index in [1.54, 1.807) is 0 Å². The first kappa shape index (κ1) is 12.0. The summed E-state index contributed by atoms with van der Waals surface area (Å²) in [6.07, 6.45) is -5.55. The van der Waals surface area contributed by atoms with E-state index in [1.807, 2.05) is 0 Å². The van der Waals surface area contributed by atoms with E-state index in [0.717, 1.165) is 0 Å². The Morgan fingerprint density at radius 3 is 2.11 bits per heavy atom. The van der Waals surface area contributed by atoms with Gasteiger partial charge >= 0.3 is 29.6 Å². The minimum Gasteiger partial charge on any atom is -0.847 e. The maximum Gasteiger partial charge on any atom is 1.00 e. The van der Waals surface area contributed by atoms with Gasteiger partial charge in [-0.3, -0.25) is 0 Å². The van der Waals surface area contributed by atoms with E-state index in [1.165, 1.54) is 6.07 Å². The fraction of sp³-hybridized carbons (Fsp3) is 0.750. The number of alkyl halides is 2. The number of nitriles is 1. The standard InChI is InChI=1S/C4H4F2NO.Na/c5-4(6)3(8)1-2-7;/h3-4H,1H2;/q-1;+1. The third kappa shape index (κ3) is 6.19. The van der Waals surface area contributed by atoms with E-state index < -0.39 is 19.0 Å². The molecule has 0 saturated carbocycles. The number of rotatable bonds is 2. The van der Waals surface area contributed by atoms with Crippen molar-refractivity contribution >= 4 is 0 Å². The van der Waals surface area contributed by atoms with Crippen LogP contribution in [0.2, 0.25) is 0 Å². The Balaban J connectivity index is 0. The summed E-state index contributed by atoms with van der Waals surface area (Å²) in [6, 6.07) is 1.36. The van der Waals surface area contributed by atoms with Crippen LogP contribution < -0.4 is 34.7 Å². The molecule has 0 aromatic heterocycles. The number of halogens is 2. The topological polar surface area (TPSA) is 46.8 Å². The van der Waals surface area contributed by atoms with Crippen molar-refractivity contribution < 1.29 is 43.4 Å². The van der Waals surface area contributed by atoms with E-state index in [2.05, 4.69) is 0 Å². The van der Waals surface area contributed by atoms with E-state index in [4.69, 9.17) is 5.26 Å². The van der Waals surface area contributed by atoms with Crippen LogP contribution in [0.1, 0.15) is 6.42 Å². The van der Waals surface area contributed by atoms with E-state index in [0.29, 0.717) is 0 Å². The van der Waals surface area contributed by atoms with Crippen LogP contribution in [0.5, 0.6) is 0 Å². The molecule has 0 bridgehead atoms. The Morgan fingerprint density at radius 2 is 2.00 bits per heavy atom. The average molecular weight is 143 g/mol.